The number of rotatable bonds is 2. The van der Waals surface area contributed by atoms with Crippen LogP contribution in [0.25, 0.3) is 0 Å². The zero-order valence-corrected chi connectivity index (χ0v) is 6.25. The van der Waals surface area contributed by atoms with Gasteiger partial charge in [0.2, 0.25) is 0 Å². The number of hydrogen-bond acceptors (Lipinski definition) is 3. The standard InChI is InChI=1S/CH2BrClO3S/c2-6-7(4,5)1-3/h1H2. The van der Waals surface area contributed by atoms with Crippen LogP contribution >= 0.6 is 27.9 Å². The Balaban J connectivity index is 3.89. The summed E-state index contributed by atoms with van der Waals surface area (Å²) in [6.45, 7) is 0. The summed E-state index contributed by atoms with van der Waals surface area (Å²) in [5.74, 6) is 0. The maximum atomic E-state index is 9.97. The normalized spacial score (nSPS) is 11.7. The average molecular weight is 209 g/mol. The quantitative estimate of drug-likeness (QED) is 0.633. The van der Waals surface area contributed by atoms with Crippen LogP contribution in [-0.4, -0.2) is 13.6 Å². The molecule has 0 spiro atoms. The van der Waals surface area contributed by atoms with E-state index in [-0.39, 0.29) is 0 Å². The van der Waals surface area contributed by atoms with Crippen LogP contribution in [0.4, 0.5) is 0 Å². The first-order valence-corrected chi connectivity index (χ1v) is 3.97. The lowest BCUT2D eigenvalue weighted by Gasteiger charge is -1.86. The van der Waals surface area contributed by atoms with Crippen LogP contribution in [0.2, 0.25) is 0 Å². The second kappa shape index (κ2) is 2.86. The molecule has 0 amide bonds. The molecule has 0 saturated heterocycles. The van der Waals surface area contributed by atoms with Crippen LogP contribution < -0.4 is 0 Å². The van der Waals surface area contributed by atoms with Gasteiger partial charge in [0.25, 0.3) is 10.1 Å². The molecular formula is CH2BrClO3S. The topological polar surface area (TPSA) is 43.4 Å². The van der Waals surface area contributed by atoms with Gasteiger partial charge >= 0.3 is 0 Å². The Morgan fingerprint density at radius 1 is 1.71 bits per heavy atom. The fourth-order valence-corrected chi connectivity index (χ4v) is 0.787. The second-order valence-electron chi connectivity index (χ2n) is 0.730. The summed E-state index contributed by atoms with van der Waals surface area (Å²) in [5, 5.41) is -0.530. The van der Waals surface area contributed by atoms with Gasteiger partial charge < -0.3 is 0 Å². The summed E-state index contributed by atoms with van der Waals surface area (Å²) in [6, 6.07) is 0. The Bertz CT molecular complexity index is 118. The van der Waals surface area contributed by atoms with Gasteiger partial charge in [-0.25, -0.2) is 0 Å². The number of hydrogen-bond donors (Lipinski definition) is 0. The molecule has 0 aliphatic heterocycles. The Morgan fingerprint density at radius 3 is 2.14 bits per heavy atom. The van der Waals surface area contributed by atoms with Gasteiger partial charge in [-0.15, -0.1) is 11.6 Å². The van der Waals surface area contributed by atoms with Crippen LogP contribution in [0, 0.1) is 0 Å². The Kier molecular flexibility index (Phi) is 3.14. The van der Waals surface area contributed by atoms with Crippen molar-refractivity contribution in [1.82, 2.24) is 0 Å². The molecule has 0 bridgehead atoms. The molecule has 3 nitrogen and oxygen atoms in total. The largest absolute Gasteiger partial charge is 0.292 e. The maximum absolute atomic E-state index is 9.97. The van der Waals surface area contributed by atoms with Crippen molar-refractivity contribution in [2.24, 2.45) is 0 Å². The lowest BCUT2D eigenvalue weighted by Crippen LogP contribution is -1.97. The van der Waals surface area contributed by atoms with E-state index in [0.717, 1.165) is 0 Å². The molecular weight excluding hydrogens is 207 g/mol. The van der Waals surface area contributed by atoms with Crippen molar-refractivity contribution in [3.8, 4) is 0 Å². The van der Waals surface area contributed by atoms with Crippen molar-refractivity contribution in [3.05, 3.63) is 0 Å². The Morgan fingerprint density at radius 2 is 2.14 bits per heavy atom. The van der Waals surface area contributed by atoms with Crippen molar-refractivity contribution in [2.75, 3.05) is 5.21 Å². The molecule has 0 saturated carbocycles. The summed E-state index contributed by atoms with van der Waals surface area (Å²) in [7, 11) is -3.48. The molecule has 44 valence electrons. The highest BCUT2D eigenvalue weighted by Crippen LogP contribution is 1.99. The molecule has 0 aromatic heterocycles. The molecule has 0 unspecified atom stereocenters. The predicted molar refractivity (Wildman–Crippen MR) is 29.7 cm³/mol. The molecule has 0 aliphatic rings. The van der Waals surface area contributed by atoms with Gasteiger partial charge in [0.15, 0.2) is 5.21 Å². The summed E-state index contributed by atoms with van der Waals surface area (Å²) in [6.07, 6.45) is 0. The van der Waals surface area contributed by atoms with Crippen molar-refractivity contribution in [1.29, 1.82) is 0 Å². The van der Waals surface area contributed by atoms with Crippen LogP contribution in [0.1, 0.15) is 0 Å². The molecule has 0 N–H and O–H groups in total. The lowest BCUT2D eigenvalue weighted by molar-refractivity contribution is 0.532. The number of halogens is 2. The lowest BCUT2D eigenvalue weighted by atomic mass is 11.9. The van der Waals surface area contributed by atoms with E-state index >= 15 is 0 Å². The van der Waals surface area contributed by atoms with Gasteiger partial charge in [-0.1, -0.05) is 0 Å². The molecule has 7 heavy (non-hydrogen) atoms. The van der Waals surface area contributed by atoms with E-state index in [1.807, 2.05) is 0 Å². The molecule has 0 atom stereocenters. The Labute approximate surface area is 55.2 Å². The summed E-state index contributed by atoms with van der Waals surface area (Å²) in [5.41, 5.74) is 0. The smallest absolute Gasteiger partial charge is 0.197 e. The third-order valence-electron chi connectivity index (χ3n) is 0.230. The molecule has 0 aromatic rings. The van der Waals surface area contributed by atoms with Crippen LogP contribution in [0.15, 0.2) is 0 Å². The second-order valence-corrected chi connectivity index (χ2v) is 3.64. The highest BCUT2D eigenvalue weighted by molar-refractivity contribution is 9.06. The predicted octanol–water partition coefficient (Wildman–Crippen LogP) is 0.839. The van der Waals surface area contributed by atoms with Crippen LogP contribution in [-0.2, 0) is 13.4 Å². The fourth-order valence-electron chi connectivity index (χ4n) is 0.0168. The Hall–Kier alpha value is 0.680. The SMILES string of the molecule is O=S(=O)(CCl)OBr. The first kappa shape index (κ1) is 7.68. The zero-order chi connectivity index (χ0) is 5.91. The highest BCUT2D eigenvalue weighted by atomic mass is 79.9. The molecule has 6 heteroatoms. The molecule has 0 aliphatic carbocycles. The van der Waals surface area contributed by atoms with E-state index in [1.54, 1.807) is 0 Å². The maximum Gasteiger partial charge on any atom is 0.292 e. The molecule has 0 aromatic carbocycles. The molecule has 0 fully saturated rings. The van der Waals surface area contributed by atoms with E-state index in [0.29, 0.717) is 0 Å². The summed E-state index contributed by atoms with van der Waals surface area (Å²) < 4.78 is 23.7. The zero-order valence-electron chi connectivity index (χ0n) is 3.10. The molecule has 0 rings (SSSR count). The van der Waals surface area contributed by atoms with Crippen LogP contribution in [0.3, 0.4) is 0 Å². The fraction of sp³-hybridized carbons (Fsp3) is 1.00. The summed E-state index contributed by atoms with van der Waals surface area (Å²) in [4.78, 5) is 0. The molecule has 0 radical (unpaired) electrons. The van der Waals surface area contributed by atoms with Gasteiger partial charge in [-0.3, -0.25) is 0 Å². The van der Waals surface area contributed by atoms with Gasteiger partial charge in [-0.2, -0.15) is 11.7 Å². The summed E-state index contributed by atoms with van der Waals surface area (Å²) >= 11 is 7.11. The average Bonchev–Trinajstić information content (AvgIpc) is 1.68. The minimum Gasteiger partial charge on any atom is -0.197 e. The first-order chi connectivity index (χ1) is 3.12. The van der Waals surface area contributed by atoms with Crippen molar-refractivity contribution in [3.63, 3.8) is 0 Å². The van der Waals surface area contributed by atoms with E-state index in [1.165, 1.54) is 0 Å². The minimum absolute atomic E-state index is 0.530. The van der Waals surface area contributed by atoms with Crippen molar-refractivity contribution >= 4 is 38.0 Å². The van der Waals surface area contributed by atoms with E-state index < -0.39 is 15.3 Å². The van der Waals surface area contributed by atoms with E-state index in [2.05, 4.69) is 19.5 Å². The third kappa shape index (κ3) is 3.28. The van der Waals surface area contributed by atoms with Gasteiger partial charge in [-0.05, 0) is 0 Å². The number of alkyl halides is 1. The van der Waals surface area contributed by atoms with Crippen molar-refractivity contribution < 1.29 is 11.7 Å². The minimum atomic E-state index is -3.48. The first-order valence-electron chi connectivity index (χ1n) is 1.21. The van der Waals surface area contributed by atoms with Gasteiger partial charge in [0.1, 0.15) is 16.3 Å². The molecule has 0 heterocycles. The highest BCUT2D eigenvalue weighted by Gasteiger charge is 2.04. The third-order valence-corrected chi connectivity index (χ3v) is 2.70. The van der Waals surface area contributed by atoms with Crippen molar-refractivity contribution in [2.45, 2.75) is 0 Å². The van der Waals surface area contributed by atoms with Gasteiger partial charge in [0, 0.05) is 0 Å². The van der Waals surface area contributed by atoms with E-state index in [9.17, 15) is 8.42 Å². The monoisotopic (exact) mass is 208 g/mol. The van der Waals surface area contributed by atoms with E-state index in [4.69, 9.17) is 11.6 Å². The van der Waals surface area contributed by atoms with Crippen LogP contribution in [0.5, 0.6) is 0 Å². The van der Waals surface area contributed by atoms with Gasteiger partial charge in [0.05, 0.1) is 0 Å².